The number of nitrogens with zero attached hydrogens (tertiary/aromatic N) is 2. The van der Waals surface area contributed by atoms with Crippen LogP contribution >= 0.6 is 11.8 Å². The first-order chi connectivity index (χ1) is 9.08. The van der Waals surface area contributed by atoms with E-state index in [0.717, 1.165) is 31.3 Å². The zero-order valence-electron chi connectivity index (χ0n) is 13.1. The molecule has 1 rings (SSSR count). The maximum absolute atomic E-state index is 4.63. The van der Waals surface area contributed by atoms with Crippen molar-refractivity contribution in [3.8, 4) is 0 Å². The summed E-state index contributed by atoms with van der Waals surface area (Å²) in [6.45, 7) is 13.1. The van der Waals surface area contributed by atoms with E-state index in [1.165, 1.54) is 6.54 Å². The molecule has 0 aromatic rings. The molecule has 0 aliphatic carbocycles. The number of hydrogen-bond donors (Lipinski definition) is 2. The molecular formula is C14H30N4S. The minimum Gasteiger partial charge on any atom is -0.357 e. The van der Waals surface area contributed by atoms with Crippen molar-refractivity contribution < 1.29 is 0 Å². The van der Waals surface area contributed by atoms with E-state index in [1.54, 1.807) is 0 Å². The van der Waals surface area contributed by atoms with Crippen LogP contribution in [0.3, 0.4) is 0 Å². The Morgan fingerprint density at radius 1 is 1.42 bits per heavy atom. The van der Waals surface area contributed by atoms with Crippen molar-refractivity contribution in [2.45, 2.75) is 39.8 Å². The number of thioether (sulfide) groups is 1. The van der Waals surface area contributed by atoms with E-state index in [1.807, 2.05) is 11.8 Å². The summed E-state index contributed by atoms with van der Waals surface area (Å²) in [6, 6.07) is 1.14. The monoisotopic (exact) mass is 286 g/mol. The molecule has 0 aromatic heterocycles. The molecule has 0 amide bonds. The fourth-order valence-corrected chi connectivity index (χ4v) is 2.63. The summed E-state index contributed by atoms with van der Waals surface area (Å²) in [6.07, 6.45) is 2.12. The summed E-state index contributed by atoms with van der Waals surface area (Å²) in [7, 11) is 0. The lowest BCUT2D eigenvalue weighted by atomic mass is 10.1. The number of likely N-dealkylation sites (tertiary alicyclic amines) is 1. The van der Waals surface area contributed by atoms with Crippen LogP contribution in [-0.2, 0) is 0 Å². The minimum atomic E-state index is 0.509. The van der Waals surface area contributed by atoms with Crippen LogP contribution in [-0.4, -0.2) is 61.1 Å². The summed E-state index contributed by atoms with van der Waals surface area (Å²) < 4.78 is 0. The Morgan fingerprint density at radius 2 is 2.16 bits per heavy atom. The molecule has 0 bridgehead atoms. The molecule has 5 heteroatoms. The molecule has 0 spiro atoms. The highest BCUT2D eigenvalue weighted by Gasteiger charge is 2.31. The molecule has 1 saturated heterocycles. The van der Waals surface area contributed by atoms with Gasteiger partial charge < -0.3 is 10.6 Å². The van der Waals surface area contributed by atoms with Gasteiger partial charge in [0.25, 0.3) is 0 Å². The molecule has 2 unspecified atom stereocenters. The standard InChI is InChI=1S/C14H30N4S/c1-6-15-14(16-7-8-19-5)17-13-10-18(11(2)3)9-12(13)4/h11-13H,6-10H2,1-5H3,(H2,15,16,17). The quantitative estimate of drug-likeness (QED) is 0.442. The molecule has 4 nitrogen and oxygen atoms in total. The molecule has 2 N–H and O–H groups in total. The van der Waals surface area contributed by atoms with Crippen molar-refractivity contribution in [3.05, 3.63) is 0 Å². The Bertz CT molecular complexity index is 281. The zero-order chi connectivity index (χ0) is 14.3. The maximum atomic E-state index is 4.63. The molecular weight excluding hydrogens is 256 g/mol. The van der Waals surface area contributed by atoms with Gasteiger partial charge in [0.15, 0.2) is 5.96 Å². The molecule has 2 atom stereocenters. The number of rotatable bonds is 6. The van der Waals surface area contributed by atoms with Crippen molar-refractivity contribution in [1.29, 1.82) is 0 Å². The van der Waals surface area contributed by atoms with Crippen LogP contribution in [0, 0.1) is 5.92 Å². The van der Waals surface area contributed by atoms with Gasteiger partial charge in [-0.3, -0.25) is 9.89 Å². The van der Waals surface area contributed by atoms with Gasteiger partial charge in [-0.25, -0.2) is 0 Å². The van der Waals surface area contributed by atoms with Crippen molar-refractivity contribution in [1.82, 2.24) is 15.5 Å². The molecule has 112 valence electrons. The first-order valence-electron chi connectivity index (χ1n) is 7.36. The van der Waals surface area contributed by atoms with Gasteiger partial charge in [0.1, 0.15) is 0 Å². The number of hydrogen-bond acceptors (Lipinski definition) is 3. The smallest absolute Gasteiger partial charge is 0.191 e. The Morgan fingerprint density at radius 3 is 2.68 bits per heavy atom. The van der Waals surface area contributed by atoms with Crippen LogP contribution in [0.4, 0.5) is 0 Å². The SMILES string of the molecule is CCNC(=NCCSC)NC1CN(C(C)C)CC1C. The van der Waals surface area contributed by atoms with E-state index in [4.69, 9.17) is 0 Å². The lowest BCUT2D eigenvalue weighted by molar-refractivity contribution is 0.265. The highest BCUT2D eigenvalue weighted by atomic mass is 32.2. The third-order valence-corrected chi connectivity index (χ3v) is 4.19. The van der Waals surface area contributed by atoms with Gasteiger partial charge in [-0.05, 0) is 32.9 Å². The second-order valence-corrected chi connectivity index (χ2v) is 6.51. The third kappa shape index (κ3) is 5.61. The largest absolute Gasteiger partial charge is 0.357 e. The van der Waals surface area contributed by atoms with Gasteiger partial charge in [-0.15, -0.1) is 0 Å². The summed E-state index contributed by atoms with van der Waals surface area (Å²) in [4.78, 5) is 7.16. The zero-order valence-corrected chi connectivity index (χ0v) is 13.9. The highest BCUT2D eigenvalue weighted by Crippen LogP contribution is 2.18. The van der Waals surface area contributed by atoms with Crippen molar-refractivity contribution in [3.63, 3.8) is 0 Å². The fourth-order valence-electron chi connectivity index (χ4n) is 2.36. The molecule has 1 heterocycles. The first-order valence-corrected chi connectivity index (χ1v) is 8.75. The molecule has 1 aliphatic rings. The van der Waals surface area contributed by atoms with Crippen LogP contribution in [0.15, 0.2) is 4.99 Å². The normalized spacial score (nSPS) is 25.1. The Labute approximate surface area is 122 Å². The van der Waals surface area contributed by atoms with Gasteiger partial charge in [-0.2, -0.15) is 11.8 Å². The molecule has 1 fully saturated rings. The van der Waals surface area contributed by atoms with E-state index in [9.17, 15) is 0 Å². The van der Waals surface area contributed by atoms with E-state index < -0.39 is 0 Å². The molecule has 0 saturated carbocycles. The summed E-state index contributed by atoms with van der Waals surface area (Å²) in [5, 5.41) is 6.94. The van der Waals surface area contributed by atoms with Gasteiger partial charge in [0.2, 0.25) is 0 Å². The molecule has 19 heavy (non-hydrogen) atoms. The molecule has 0 aromatic carbocycles. The number of aliphatic imine (C=N–C) groups is 1. The van der Waals surface area contributed by atoms with Crippen molar-refractivity contribution in [2.24, 2.45) is 10.9 Å². The number of nitrogens with one attached hydrogen (secondary N) is 2. The minimum absolute atomic E-state index is 0.509. The highest BCUT2D eigenvalue weighted by molar-refractivity contribution is 7.98. The van der Waals surface area contributed by atoms with E-state index >= 15 is 0 Å². The summed E-state index contributed by atoms with van der Waals surface area (Å²) >= 11 is 1.84. The predicted molar refractivity (Wildman–Crippen MR) is 87.2 cm³/mol. The van der Waals surface area contributed by atoms with E-state index in [2.05, 4.69) is 54.5 Å². The molecule has 0 radical (unpaired) electrons. The Balaban J connectivity index is 2.51. The van der Waals surface area contributed by atoms with Gasteiger partial charge in [-0.1, -0.05) is 6.92 Å². The first kappa shape index (κ1) is 16.6. The lowest BCUT2D eigenvalue weighted by Gasteiger charge is -2.21. The average Bonchev–Trinajstić information content (AvgIpc) is 2.72. The summed E-state index contributed by atoms with van der Waals surface area (Å²) in [5.74, 6) is 2.72. The maximum Gasteiger partial charge on any atom is 0.191 e. The van der Waals surface area contributed by atoms with Gasteiger partial charge in [0, 0.05) is 37.5 Å². The van der Waals surface area contributed by atoms with Crippen LogP contribution in [0.5, 0.6) is 0 Å². The fraction of sp³-hybridized carbons (Fsp3) is 0.929. The predicted octanol–water partition coefficient (Wildman–Crippen LogP) is 1.63. The van der Waals surface area contributed by atoms with Crippen LogP contribution in [0.2, 0.25) is 0 Å². The topological polar surface area (TPSA) is 39.7 Å². The number of guanidine groups is 1. The van der Waals surface area contributed by atoms with Crippen molar-refractivity contribution in [2.75, 3.05) is 38.2 Å². The second-order valence-electron chi connectivity index (χ2n) is 5.53. The Kier molecular flexibility index (Phi) is 7.61. The lowest BCUT2D eigenvalue weighted by Crippen LogP contribution is -2.47. The van der Waals surface area contributed by atoms with E-state index in [-0.39, 0.29) is 0 Å². The van der Waals surface area contributed by atoms with E-state index in [0.29, 0.717) is 18.0 Å². The Hall–Kier alpha value is -0.420. The summed E-state index contributed by atoms with van der Waals surface area (Å²) in [5.41, 5.74) is 0. The van der Waals surface area contributed by atoms with Gasteiger partial charge >= 0.3 is 0 Å². The van der Waals surface area contributed by atoms with Crippen LogP contribution < -0.4 is 10.6 Å². The average molecular weight is 286 g/mol. The second kappa shape index (κ2) is 8.69. The van der Waals surface area contributed by atoms with Crippen LogP contribution in [0.1, 0.15) is 27.7 Å². The van der Waals surface area contributed by atoms with Gasteiger partial charge in [0.05, 0.1) is 6.54 Å². The van der Waals surface area contributed by atoms with Crippen LogP contribution in [0.25, 0.3) is 0 Å². The van der Waals surface area contributed by atoms with Crippen molar-refractivity contribution >= 4 is 17.7 Å². The third-order valence-electron chi connectivity index (χ3n) is 3.60. The molecule has 1 aliphatic heterocycles.